The number of carbonyl (C=O) groups is 1. The van der Waals surface area contributed by atoms with Crippen molar-refractivity contribution in [2.24, 2.45) is 5.73 Å². The van der Waals surface area contributed by atoms with Crippen molar-refractivity contribution >= 4 is 17.5 Å². The van der Waals surface area contributed by atoms with Gasteiger partial charge in [-0.1, -0.05) is 36.4 Å². The lowest BCUT2D eigenvalue weighted by atomic mass is 10.0. The fourth-order valence-corrected chi connectivity index (χ4v) is 3.95. The molecule has 4 rings (SSSR count). The van der Waals surface area contributed by atoms with Gasteiger partial charge in [-0.05, 0) is 48.4 Å². The quantitative estimate of drug-likeness (QED) is 0.239. The lowest BCUT2D eigenvalue weighted by Gasteiger charge is -2.15. The number of halogens is 1. The number of benzene rings is 2. The molecule has 2 heterocycles. The Kier molecular flexibility index (Phi) is 8.94. The van der Waals surface area contributed by atoms with Gasteiger partial charge in [0.25, 0.3) is 5.91 Å². The molecule has 0 aliphatic carbocycles. The third-order valence-electron chi connectivity index (χ3n) is 5.83. The Morgan fingerprint density at radius 2 is 1.82 bits per heavy atom. The fraction of sp³-hybridized carbons (Fsp3) is 0.172. The van der Waals surface area contributed by atoms with Crippen molar-refractivity contribution in [1.82, 2.24) is 15.3 Å². The van der Waals surface area contributed by atoms with Gasteiger partial charge in [-0.2, -0.15) is 5.26 Å². The second kappa shape index (κ2) is 12.9. The number of nitrogens with two attached hydrogens (primary N) is 1. The summed E-state index contributed by atoms with van der Waals surface area (Å²) < 4.78 is 13.6. The maximum atomic E-state index is 13.6. The van der Waals surface area contributed by atoms with Crippen molar-refractivity contribution in [2.75, 3.05) is 30.3 Å². The Morgan fingerprint density at radius 3 is 2.63 bits per heavy atom. The van der Waals surface area contributed by atoms with Gasteiger partial charge in [-0.25, -0.2) is 14.4 Å². The van der Waals surface area contributed by atoms with E-state index < -0.39 is 0 Å². The zero-order chi connectivity index (χ0) is 26.7. The Labute approximate surface area is 220 Å². The number of nitrogens with zero attached hydrogens (tertiary/aromatic N) is 3. The minimum atomic E-state index is -0.320. The summed E-state index contributed by atoms with van der Waals surface area (Å²) in [6, 6.07) is 22.8. The van der Waals surface area contributed by atoms with E-state index in [4.69, 9.17) is 10.7 Å². The van der Waals surface area contributed by atoms with Crippen LogP contribution >= 0.6 is 0 Å². The van der Waals surface area contributed by atoms with E-state index in [0.29, 0.717) is 60.1 Å². The molecule has 9 heteroatoms. The number of nitriles is 1. The molecule has 0 aliphatic rings. The first-order valence-electron chi connectivity index (χ1n) is 12.2. The second-order valence-corrected chi connectivity index (χ2v) is 8.47. The molecule has 5 N–H and O–H groups in total. The van der Waals surface area contributed by atoms with Crippen LogP contribution in [-0.2, 0) is 13.0 Å². The molecule has 0 saturated heterocycles. The molecular formula is C29H28FN7O. The number of rotatable bonds is 11. The first-order chi connectivity index (χ1) is 18.6. The number of anilines is 2. The van der Waals surface area contributed by atoms with Gasteiger partial charge in [0.2, 0.25) is 0 Å². The Balaban J connectivity index is 1.57. The van der Waals surface area contributed by atoms with Crippen LogP contribution in [0.3, 0.4) is 0 Å². The summed E-state index contributed by atoms with van der Waals surface area (Å²) in [5, 5.41) is 18.9. The van der Waals surface area contributed by atoms with Gasteiger partial charge < -0.3 is 21.7 Å². The third kappa shape index (κ3) is 6.69. The number of amides is 1. The van der Waals surface area contributed by atoms with E-state index in [-0.39, 0.29) is 18.3 Å². The summed E-state index contributed by atoms with van der Waals surface area (Å²) in [4.78, 5) is 22.3. The van der Waals surface area contributed by atoms with E-state index in [9.17, 15) is 14.4 Å². The van der Waals surface area contributed by atoms with Crippen molar-refractivity contribution < 1.29 is 9.18 Å². The summed E-state index contributed by atoms with van der Waals surface area (Å²) in [6.45, 7) is 1.70. The van der Waals surface area contributed by atoms with E-state index in [0.717, 1.165) is 11.1 Å². The van der Waals surface area contributed by atoms with Crippen LogP contribution in [0.1, 0.15) is 27.0 Å². The summed E-state index contributed by atoms with van der Waals surface area (Å²) in [5.41, 5.74) is 9.30. The number of carbonyl (C=O) groups excluding carboxylic acids is 1. The Bertz CT molecular complexity index is 1450. The predicted octanol–water partition coefficient (Wildman–Crippen LogP) is 4.11. The van der Waals surface area contributed by atoms with Crippen LogP contribution in [0.5, 0.6) is 0 Å². The lowest BCUT2D eigenvalue weighted by molar-refractivity contribution is 0.0951. The first kappa shape index (κ1) is 26.3. The molecule has 192 valence electrons. The van der Waals surface area contributed by atoms with Crippen LogP contribution in [0, 0.1) is 17.1 Å². The minimum Gasteiger partial charge on any atom is -0.369 e. The van der Waals surface area contributed by atoms with Crippen LogP contribution in [0.25, 0.3) is 11.3 Å². The van der Waals surface area contributed by atoms with E-state index in [1.807, 2.05) is 24.3 Å². The fourth-order valence-electron chi connectivity index (χ4n) is 3.95. The number of hydrogen-bond acceptors (Lipinski definition) is 7. The largest absolute Gasteiger partial charge is 0.369 e. The first-order valence-corrected chi connectivity index (χ1v) is 12.2. The highest BCUT2D eigenvalue weighted by Gasteiger charge is 2.16. The van der Waals surface area contributed by atoms with E-state index in [2.05, 4.69) is 27.0 Å². The zero-order valence-corrected chi connectivity index (χ0v) is 20.7. The molecule has 2 aromatic carbocycles. The average molecular weight is 510 g/mol. The predicted molar refractivity (Wildman–Crippen MR) is 146 cm³/mol. The summed E-state index contributed by atoms with van der Waals surface area (Å²) in [7, 11) is 0. The third-order valence-corrected chi connectivity index (χ3v) is 5.83. The molecule has 0 radical (unpaired) electrons. The Morgan fingerprint density at radius 1 is 0.974 bits per heavy atom. The van der Waals surface area contributed by atoms with E-state index in [1.165, 1.54) is 12.1 Å². The van der Waals surface area contributed by atoms with Gasteiger partial charge in [0.05, 0.1) is 22.9 Å². The van der Waals surface area contributed by atoms with E-state index in [1.54, 1.807) is 42.6 Å². The molecule has 0 bridgehead atoms. The van der Waals surface area contributed by atoms with Gasteiger partial charge in [-0.15, -0.1) is 0 Å². The molecule has 4 aromatic rings. The van der Waals surface area contributed by atoms with Gasteiger partial charge in [-0.3, -0.25) is 4.79 Å². The topological polar surface area (TPSA) is 129 Å². The molecule has 0 atom stereocenters. The summed E-state index contributed by atoms with van der Waals surface area (Å²) in [6.07, 6.45) is 2.21. The van der Waals surface area contributed by atoms with Gasteiger partial charge >= 0.3 is 0 Å². The molecule has 0 unspecified atom stereocenters. The minimum absolute atomic E-state index is 0.251. The molecule has 38 heavy (non-hydrogen) atoms. The van der Waals surface area contributed by atoms with Crippen LogP contribution in [0.15, 0.2) is 79.0 Å². The number of pyridine rings is 2. The monoisotopic (exact) mass is 509 g/mol. The molecule has 2 aromatic heterocycles. The average Bonchev–Trinajstić information content (AvgIpc) is 2.95. The van der Waals surface area contributed by atoms with Crippen molar-refractivity contribution in [3.8, 4) is 17.3 Å². The van der Waals surface area contributed by atoms with Crippen molar-refractivity contribution in [3.05, 3.63) is 107 Å². The SMILES string of the molecule is N#Cc1ccccc1-c1ccc(C(=O)NCc2cccnc2NCCN)c(NCCc2cccc(F)c2)n1. The highest BCUT2D eigenvalue weighted by Crippen LogP contribution is 2.25. The summed E-state index contributed by atoms with van der Waals surface area (Å²) >= 11 is 0. The molecule has 0 aliphatic heterocycles. The second-order valence-electron chi connectivity index (χ2n) is 8.47. The number of hydrogen-bond donors (Lipinski definition) is 4. The highest BCUT2D eigenvalue weighted by molar-refractivity contribution is 5.99. The molecule has 0 fully saturated rings. The molecule has 0 saturated carbocycles. The maximum Gasteiger partial charge on any atom is 0.255 e. The standard InChI is InChI=1S/C29H28FN7O/c30-23-8-3-5-20(17-23)12-15-34-28-25(10-11-26(37-28)24-9-2-1-6-21(24)18-32)29(38)36-19-22-7-4-14-33-27(22)35-16-13-31/h1-11,14,17H,12-13,15-16,19,31H2,(H,33,35)(H,34,37)(H,36,38). The van der Waals surface area contributed by atoms with Gasteiger partial charge in [0.1, 0.15) is 17.5 Å². The van der Waals surface area contributed by atoms with E-state index >= 15 is 0 Å². The van der Waals surface area contributed by atoms with Crippen LogP contribution in [-0.4, -0.2) is 35.5 Å². The maximum absolute atomic E-state index is 13.6. The highest BCUT2D eigenvalue weighted by atomic mass is 19.1. The molecular weight excluding hydrogens is 481 g/mol. The van der Waals surface area contributed by atoms with Crippen molar-refractivity contribution in [3.63, 3.8) is 0 Å². The molecule has 8 nitrogen and oxygen atoms in total. The van der Waals surface area contributed by atoms with Crippen molar-refractivity contribution in [1.29, 1.82) is 5.26 Å². The van der Waals surface area contributed by atoms with Crippen molar-refractivity contribution in [2.45, 2.75) is 13.0 Å². The number of aromatic nitrogens is 2. The Hall–Kier alpha value is -4.81. The normalized spacial score (nSPS) is 10.4. The number of nitrogens with one attached hydrogen (secondary N) is 3. The molecule has 1 amide bonds. The summed E-state index contributed by atoms with van der Waals surface area (Å²) in [5.74, 6) is 0.413. The van der Waals surface area contributed by atoms with Crippen LogP contribution in [0.4, 0.5) is 16.0 Å². The van der Waals surface area contributed by atoms with Gasteiger partial charge in [0, 0.05) is 43.5 Å². The zero-order valence-electron chi connectivity index (χ0n) is 20.7. The van der Waals surface area contributed by atoms with Crippen LogP contribution < -0.4 is 21.7 Å². The van der Waals surface area contributed by atoms with Crippen LogP contribution in [0.2, 0.25) is 0 Å². The van der Waals surface area contributed by atoms with Gasteiger partial charge in [0.15, 0.2) is 0 Å². The smallest absolute Gasteiger partial charge is 0.255 e. The lowest BCUT2D eigenvalue weighted by Crippen LogP contribution is -2.25. The molecule has 0 spiro atoms.